The summed E-state index contributed by atoms with van der Waals surface area (Å²) in [5, 5.41) is 4.10. The van der Waals surface area contributed by atoms with Gasteiger partial charge < -0.3 is 0 Å². The number of aromatic nitrogens is 2. The Hall–Kier alpha value is -1.25. The van der Waals surface area contributed by atoms with Crippen LogP contribution in [0.15, 0.2) is 39.8 Å². The number of halogens is 2. The van der Waals surface area contributed by atoms with Crippen molar-refractivity contribution < 1.29 is 12.8 Å². The van der Waals surface area contributed by atoms with Gasteiger partial charge in [-0.05, 0) is 47.1 Å². The van der Waals surface area contributed by atoms with Gasteiger partial charge >= 0.3 is 0 Å². The van der Waals surface area contributed by atoms with E-state index in [4.69, 9.17) is 0 Å². The lowest BCUT2D eigenvalue weighted by Crippen LogP contribution is -2.25. The average Bonchev–Trinajstić information content (AvgIpc) is 2.77. The van der Waals surface area contributed by atoms with Crippen molar-refractivity contribution in [1.82, 2.24) is 14.5 Å². The summed E-state index contributed by atoms with van der Waals surface area (Å²) in [6, 6.07) is 4.68. The Balaban J connectivity index is 2.17. The minimum atomic E-state index is -3.67. The maximum atomic E-state index is 12.8. The van der Waals surface area contributed by atoms with E-state index in [1.54, 1.807) is 10.9 Å². The van der Waals surface area contributed by atoms with Crippen LogP contribution in [0.5, 0.6) is 0 Å². The molecule has 0 atom stereocenters. The summed E-state index contributed by atoms with van der Waals surface area (Å²) in [5.74, 6) is -0.476. The molecule has 0 fully saturated rings. The van der Waals surface area contributed by atoms with E-state index >= 15 is 0 Å². The second-order valence-electron chi connectivity index (χ2n) is 4.03. The van der Waals surface area contributed by atoms with Gasteiger partial charge in [-0.15, -0.1) is 0 Å². The van der Waals surface area contributed by atoms with Gasteiger partial charge in [0.1, 0.15) is 5.82 Å². The summed E-state index contributed by atoms with van der Waals surface area (Å²) in [4.78, 5) is 0.0255. The van der Waals surface area contributed by atoms with Gasteiger partial charge in [0.25, 0.3) is 0 Å². The molecular formula is C12H13BrFN3O2S. The summed E-state index contributed by atoms with van der Waals surface area (Å²) >= 11 is 3.32. The van der Waals surface area contributed by atoms with Crippen LogP contribution in [0.2, 0.25) is 0 Å². The van der Waals surface area contributed by atoms with E-state index in [9.17, 15) is 12.8 Å². The molecule has 0 unspecified atom stereocenters. The third-order valence-corrected chi connectivity index (χ3v) is 4.83. The fourth-order valence-corrected chi connectivity index (χ4v) is 3.12. The van der Waals surface area contributed by atoms with Gasteiger partial charge in [0.2, 0.25) is 10.0 Å². The molecule has 2 rings (SSSR count). The first kappa shape index (κ1) is 15.1. The van der Waals surface area contributed by atoms with Crippen LogP contribution >= 0.6 is 15.9 Å². The molecule has 1 heterocycles. The summed E-state index contributed by atoms with van der Waals surface area (Å²) in [7, 11) is -3.67. The number of rotatable bonds is 5. The number of nitrogens with zero attached hydrogens (tertiary/aromatic N) is 2. The predicted octanol–water partition coefficient (Wildman–Crippen LogP) is 2.28. The molecule has 0 saturated heterocycles. The Bertz CT molecular complexity index is 698. The summed E-state index contributed by atoms with van der Waals surface area (Å²) in [6.45, 7) is 2.66. The minimum absolute atomic E-state index is 0.0255. The Morgan fingerprint density at radius 3 is 2.60 bits per heavy atom. The molecule has 0 aliphatic heterocycles. The van der Waals surface area contributed by atoms with Crippen LogP contribution in [0.25, 0.3) is 0 Å². The molecule has 108 valence electrons. The molecule has 0 aliphatic rings. The van der Waals surface area contributed by atoms with Crippen molar-refractivity contribution in [2.24, 2.45) is 0 Å². The van der Waals surface area contributed by atoms with E-state index < -0.39 is 15.8 Å². The maximum absolute atomic E-state index is 12.8. The SMILES string of the molecule is CCn1ncc(Br)c1CNS(=O)(=O)c1ccc(F)cc1. The number of hydrogen-bond acceptors (Lipinski definition) is 3. The lowest BCUT2D eigenvalue weighted by molar-refractivity contribution is 0.569. The lowest BCUT2D eigenvalue weighted by Gasteiger charge is -2.09. The van der Waals surface area contributed by atoms with E-state index in [2.05, 4.69) is 25.8 Å². The Labute approximate surface area is 125 Å². The zero-order valence-corrected chi connectivity index (χ0v) is 13.1. The van der Waals surface area contributed by atoms with E-state index in [0.717, 1.165) is 22.3 Å². The largest absolute Gasteiger partial charge is 0.267 e. The predicted molar refractivity (Wildman–Crippen MR) is 76.0 cm³/mol. The Morgan fingerprint density at radius 1 is 1.35 bits per heavy atom. The van der Waals surface area contributed by atoms with Gasteiger partial charge in [-0.25, -0.2) is 17.5 Å². The van der Waals surface area contributed by atoms with Crippen molar-refractivity contribution >= 4 is 26.0 Å². The smallest absolute Gasteiger partial charge is 0.240 e. The first-order valence-corrected chi connectivity index (χ1v) is 8.17. The molecule has 0 radical (unpaired) electrons. The highest BCUT2D eigenvalue weighted by Gasteiger charge is 2.16. The molecule has 2 aromatic rings. The van der Waals surface area contributed by atoms with Crippen molar-refractivity contribution in [3.63, 3.8) is 0 Å². The first-order chi connectivity index (χ1) is 9.44. The highest BCUT2D eigenvalue weighted by molar-refractivity contribution is 9.10. The first-order valence-electron chi connectivity index (χ1n) is 5.89. The third kappa shape index (κ3) is 3.25. The molecule has 8 heteroatoms. The fourth-order valence-electron chi connectivity index (χ4n) is 1.70. The van der Waals surface area contributed by atoms with Crippen LogP contribution in [0.1, 0.15) is 12.6 Å². The minimum Gasteiger partial charge on any atom is -0.267 e. The average molecular weight is 362 g/mol. The van der Waals surface area contributed by atoms with Gasteiger partial charge in [0, 0.05) is 6.54 Å². The normalized spacial score (nSPS) is 11.8. The van der Waals surface area contributed by atoms with E-state index in [0.29, 0.717) is 6.54 Å². The molecule has 0 aliphatic carbocycles. The van der Waals surface area contributed by atoms with Crippen molar-refractivity contribution in [3.05, 3.63) is 46.4 Å². The van der Waals surface area contributed by atoms with Crippen molar-refractivity contribution in [2.45, 2.75) is 24.9 Å². The van der Waals surface area contributed by atoms with Crippen molar-refractivity contribution in [2.75, 3.05) is 0 Å². The van der Waals surface area contributed by atoms with Gasteiger partial charge in [0.05, 0.1) is 27.8 Å². The zero-order valence-electron chi connectivity index (χ0n) is 10.7. The topological polar surface area (TPSA) is 64.0 Å². The maximum Gasteiger partial charge on any atom is 0.240 e. The molecule has 0 saturated carbocycles. The molecule has 20 heavy (non-hydrogen) atoms. The standard InChI is InChI=1S/C12H13BrFN3O2S/c1-2-17-12(11(13)7-15-17)8-16-20(18,19)10-5-3-9(14)4-6-10/h3-7,16H,2,8H2,1H3. The number of sulfonamides is 1. The molecule has 0 bridgehead atoms. The fraction of sp³-hybridized carbons (Fsp3) is 0.250. The van der Waals surface area contributed by atoms with Crippen LogP contribution in [0.3, 0.4) is 0 Å². The van der Waals surface area contributed by atoms with E-state index in [1.165, 1.54) is 12.1 Å². The number of benzene rings is 1. The second-order valence-corrected chi connectivity index (χ2v) is 6.65. The van der Waals surface area contributed by atoms with E-state index in [1.807, 2.05) is 6.92 Å². The van der Waals surface area contributed by atoms with Crippen LogP contribution in [0.4, 0.5) is 4.39 Å². The van der Waals surface area contributed by atoms with Crippen LogP contribution in [-0.2, 0) is 23.1 Å². The molecule has 1 N–H and O–H groups in total. The number of hydrogen-bond donors (Lipinski definition) is 1. The van der Waals surface area contributed by atoms with Crippen LogP contribution < -0.4 is 4.72 Å². The monoisotopic (exact) mass is 361 g/mol. The highest BCUT2D eigenvalue weighted by atomic mass is 79.9. The lowest BCUT2D eigenvalue weighted by atomic mass is 10.4. The van der Waals surface area contributed by atoms with Gasteiger partial charge in [-0.3, -0.25) is 4.68 Å². The molecular weight excluding hydrogens is 349 g/mol. The Morgan fingerprint density at radius 2 is 2.00 bits per heavy atom. The van der Waals surface area contributed by atoms with Crippen LogP contribution in [0, 0.1) is 5.82 Å². The zero-order chi connectivity index (χ0) is 14.8. The van der Waals surface area contributed by atoms with Crippen molar-refractivity contribution in [3.8, 4) is 0 Å². The molecule has 0 spiro atoms. The van der Waals surface area contributed by atoms with Gasteiger partial charge in [0.15, 0.2) is 0 Å². The third-order valence-electron chi connectivity index (χ3n) is 2.75. The van der Waals surface area contributed by atoms with E-state index in [-0.39, 0.29) is 11.4 Å². The van der Waals surface area contributed by atoms with Gasteiger partial charge in [-0.2, -0.15) is 5.10 Å². The number of nitrogens with one attached hydrogen (secondary N) is 1. The van der Waals surface area contributed by atoms with Gasteiger partial charge in [-0.1, -0.05) is 0 Å². The molecule has 1 aromatic heterocycles. The Kier molecular flexibility index (Phi) is 4.56. The van der Waals surface area contributed by atoms with Crippen LogP contribution in [-0.4, -0.2) is 18.2 Å². The second kappa shape index (κ2) is 6.02. The summed E-state index contributed by atoms with van der Waals surface area (Å²) in [5.41, 5.74) is 0.734. The molecule has 0 amide bonds. The number of aryl methyl sites for hydroxylation is 1. The summed E-state index contributed by atoms with van der Waals surface area (Å²) < 4.78 is 41.8. The highest BCUT2D eigenvalue weighted by Crippen LogP contribution is 2.17. The molecule has 5 nitrogen and oxygen atoms in total. The van der Waals surface area contributed by atoms with Crippen molar-refractivity contribution in [1.29, 1.82) is 0 Å². The molecule has 1 aromatic carbocycles. The summed E-state index contributed by atoms with van der Waals surface area (Å²) in [6.07, 6.45) is 1.62. The quantitative estimate of drug-likeness (QED) is 0.888.